The SMILES string of the molecule is Cc1nc2ccccc2nc1CCC(=O)N/N=C/c1ccco1. The molecule has 1 amide bonds. The van der Waals surface area contributed by atoms with Crippen LogP contribution in [-0.2, 0) is 11.2 Å². The first-order valence-electron chi connectivity index (χ1n) is 7.30. The van der Waals surface area contributed by atoms with E-state index in [1.807, 2.05) is 31.2 Å². The molecule has 116 valence electrons. The molecule has 0 aliphatic rings. The number of nitrogens with one attached hydrogen (secondary N) is 1. The van der Waals surface area contributed by atoms with E-state index in [-0.39, 0.29) is 5.91 Å². The van der Waals surface area contributed by atoms with Crippen LogP contribution in [0.25, 0.3) is 11.0 Å². The van der Waals surface area contributed by atoms with Gasteiger partial charge >= 0.3 is 0 Å². The fraction of sp³-hybridized carbons (Fsp3) is 0.176. The third-order valence-corrected chi connectivity index (χ3v) is 3.36. The van der Waals surface area contributed by atoms with Crippen LogP contribution < -0.4 is 5.43 Å². The lowest BCUT2D eigenvalue weighted by atomic mass is 10.1. The van der Waals surface area contributed by atoms with Crippen LogP contribution in [-0.4, -0.2) is 22.1 Å². The van der Waals surface area contributed by atoms with E-state index in [0.717, 1.165) is 22.4 Å². The van der Waals surface area contributed by atoms with Crippen molar-refractivity contribution in [2.24, 2.45) is 5.10 Å². The molecule has 0 saturated heterocycles. The normalized spacial score (nSPS) is 11.2. The highest BCUT2D eigenvalue weighted by Gasteiger charge is 2.07. The predicted octanol–water partition coefficient (Wildman–Crippen LogP) is 2.61. The molecule has 0 aliphatic heterocycles. The first-order chi connectivity index (χ1) is 11.2. The number of carbonyl (C=O) groups is 1. The van der Waals surface area contributed by atoms with E-state index < -0.39 is 0 Å². The molecular weight excluding hydrogens is 292 g/mol. The minimum absolute atomic E-state index is 0.179. The maximum absolute atomic E-state index is 11.8. The second kappa shape index (κ2) is 6.83. The zero-order valence-electron chi connectivity index (χ0n) is 12.7. The Morgan fingerprint density at radius 2 is 2.00 bits per heavy atom. The van der Waals surface area contributed by atoms with Crippen molar-refractivity contribution in [2.75, 3.05) is 0 Å². The summed E-state index contributed by atoms with van der Waals surface area (Å²) in [6.45, 7) is 1.90. The molecule has 0 radical (unpaired) electrons. The Bertz CT molecular complexity index is 841. The monoisotopic (exact) mass is 308 g/mol. The second-order valence-corrected chi connectivity index (χ2v) is 5.05. The highest BCUT2D eigenvalue weighted by Crippen LogP contribution is 2.13. The average molecular weight is 308 g/mol. The van der Waals surface area contributed by atoms with Gasteiger partial charge in [0.25, 0.3) is 0 Å². The molecule has 0 saturated carbocycles. The van der Waals surface area contributed by atoms with Gasteiger partial charge in [-0.25, -0.2) is 15.4 Å². The summed E-state index contributed by atoms with van der Waals surface area (Å²) in [5.41, 5.74) is 5.84. The Morgan fingerprint density at radius 3 is 2.74 bits per heavy atom. The predicted molar refractivity (Wildman–Crippen MR) is 87.0 cm³/mol. The van der Waals surface area contributed by atoms with Crippen LogP contribution in [0.4, 0.5) is 0 Å². The van der Waals surface area contributed by atoms with E-state index >= 15 is 0 Å². The molecular formula is C17H16N4O2. The Labute approximate surface area is 133 Å². The second-order valence-electron chi connectivity index (χ2n) is 5.05. The van der Waals surface area contributed by atoms with Gasteiger partial charge in [0.1, 0.15) is 5.76 Å². The van der Waals surface area contributed by atoms with Crippen LogP contribution in [0.15, 0.2) is 52.2 Å². The van der Waals surface area contributed by atoms with Crippen molar-refractivity contribution in [1.82, 2.24) is 15.4 Å². The fourth-order valence-electron chi connectivity index (χ4n) is 2.18. The van der Waals surface area contributed by atoms with Gasteiger partial charge in [0, 0.05) is 12.8 Å². The number of carbonyl (C=O) groups excluding carboxylic acids is 1. The van der Waals surface area contributed by atoms with Crippen molar-refractivity contribution in [1.29, 1.82) is 0 Å². The van der Waals surface area contributed by atoms with Gasteiger partial charge in [0.15, 0.2) is 0 Å². The van der Waals surface area contributed by atoms with Gasteiger partial charge in [-0.15, -0.1) is 0 Å². The van der Waals surface area contributed by atoms with E-state index in [1.165, 1.54) is 6.21 Å². The summed E-state index contributed by atoms with van der Waals surface area (Å²) in [5.74, 6) is 0.406. The van der Waals surface area contributed by atoms with Crippen molar-refractivity contribution < 1.29 is 9.21 Å². The highest BCUT2D eigenvalue weighted by atomic mass is 16.3. The fourth-order valence-corrected chi connectivity index (χ4v) is 2.18. The van der Waals surface area contributed by atoms with E-state index in [4.69, 9.17) is 4.42 Å². The molecule has 0 unspecified atom stereocenters. The topological polar surface area (TPSA) is 80.4 Å². The molecule has 6 heteroatoms. The smallest absolute Gasteiger partial charge is 0.240 e. The molecule has 6 nitrogen and oxygen atoms in total. The van der Waals surface area contributed by atoms with Gasteiger partial charge in [-0.1, -0.05) is 12.1 Å². The summed E-state index contributed by atoms with van der Waals surface area (Å²) in [5, 5.41) is 3.84. The Hall–Kier alpha value is -3.02. The molecule has 23 heavy (non-hydrogen) atoms. The van der Waals surface area contributed by atoms with Gasteiger partial charge < -0.3 is 4.42 Å². The van der Waals surface area contributed by atoms with E-state index in [1.54, 1.807) is 18.4 Å². The number of aryl methyl sites for hydroxylation is 2. The van der Waals surface area contributed by atoms with E-state index in [2.05, 4.69) is 20.5 Å². The van der Waals surface area contributed by atoms with Crippen LogP contribution in [0, 0.1) is 6.92 Å². The number of hydrogen-bond acceptors (Lipinski definition) is 5. The summed E-state index contributed by atoms with van der Waals surface area (Å²) >= 11 is 0. The quantitative estimate of drug-likeness (QED) is 0.580. The Balaban J connectivity index is 1.59. The number of furan rings is 1. The van der Waals surface area contributed by atoms with Gasteiger partial charge in [-0.3, -0.25) is 4.79 Å². The molecule has 1 N–H and O–H groups in total. The zero-order valence-corrected chi connectivity index (χ0v) is 12.7. The maximum Gasteiger partial charge on any atom is 0.240 e. The maximum atomic E-state index is 11.8. The summed E-state index contributed by atoms with van der Waals surface area (Å²) in [7, 11) is 0. The number of aromatic nitrogens is 2. The number of hydrazone groups is 1. The lowest BCUT2D eigenvalue weighted by molar-refractivity contribution is -0.121. The first kappa shape index (κ1) is 14.9. The highest BCUT2D eigenvalue weighted by molar-refractivity contribution is 5.80. The molecule has 0 bridgehead atoms. The number of hydrogen-bond donors (Lipinski definition) is 1. The number of para-hydroxylation sites is 2. The summed E-state index contributed by atoms with van der Waals surface area (Å²) in [6.07, 6.45) is 3.82. The number of amides is 1. The Kier molecular flexibility index (Phi) is 4.42. The summed E-state index contributed by atoms with van der Waals surface area (Å²) < 4.78 is 5.08. The van der Waals surface area contributed by atoms with Crippen LogP contribution in [0.3, 0.4) is 0 Å². The molecule has 0 spiro atoms. The minimum Gasteiger partial charge on any atom is -0.463 e. The number of nitrogens with zero attached hydrogens (tertiary/aromatic N) is 3. The first-order valence-corrected chi connectivity index (χ1v) is 7.30. The number of rotatable bonds is 5. The molecule has 3 aromatic rings. The Morgan fingerprint density at radius 1 is 1.22 bits per heavy atom. The number of fused-ring (bicyclic) bond motifs is 1. The van der Waals surface area contributed by atoms with Gasteiger partial charge in [-0.2, -0.15) is 5.10 Å². The van der Waals surface area contributed by atoms with Crippen molar-refractivity contribution >= 4 is 23.2 Å². The molecule has 0 aliphatic carbocycles. The van der Waals surface area contributed by atoms with Crippen LogP contribution in [0.2, 0.25) is 0 Å². The van der Waals surface area contributed by atoms with Crippen molar-refractivity contribution in [3.63, 3.8) is 0 Å². The van der Waals surface area contributed by atoms with Crippen LogP contribution in [0.1, 0.15) is 23.6 Å². The molecule has 0 atom stereocenters. The average Bonchev–Trinajstić information content (AvgIpc) is 3.06. The zero-order chi connectivity index (χ0) is 16.1. The van der Waals surface area contributed by atoms with E-state index in [0.29, 0.717) is 18.6 Å². The largest absolute Gasteiger partial charge is 0.463 e. The summed E-state index contributed by atoms with van der Waals surface area (Å²) in [4.78, 5) is 20.9. The van der Waals surface area contributed by atoms with Gasteiger partial charge in [0.2, 0.25) is 5.91 Å². The molecule has 3 rings (SSSR count). The van der Waals surface area contributed by atoms with Crippen LogP contribution in [0.5, 0.6) is 0 Å². The van der Waals surface area contributed by atoms with Crippen molar-refractivity contribution in [3.8, 4) is 0 Å². The third kappa shape index (κ3) is 3.79. The van der Waals surface area contributed by atoms with Crippen molar-refractivity contribution in [2.45, 2.75) is 19.8 Å². The molecule has 1 aromatic carbocycles. The van der Waals surface area contributed by atoms with Crippen molar-refractivity contribution in [3.05, 3.63) is 59.8 Å². The lowest BCUT2D eigenvalue weighted by Crippen LogP contribution is -2.18. The van der Waals surface area contributed by atoms with Gasteiger partial charge in [0.05, 0.1) is 34.9 Å². The summed E-state index contributed by atoms with van der Waals surface area (Å²) in [6, 6.07) is 11.2. The standard InChI is InChI=1S/C17H16N4O2/c1-12-14(20-16-7-3-2-6-15(16)19-12)8-9-17(22)21-18-11-13-5-4-10-23-13/h2-7,10-11H,8-9H2,1H3,(H,21,22)/b18-11+. The molecule has 2 heterocycles. The number of benzene rings is 1. The lowest BCUT2D eigenvalue weighted by Gasteiger charge is -2.06. The third-order valence-electron chi connectivity index (χ3n) is 3.36. The van der Waals surface area contributed by atoms with Crippen LogP contribution >= 0.6 is 0 Å². The molecule has 2 aromatic heterocycles. The van der Waals surface area contributed by atoms with Gasteiger partial charge in [-0.05, 0) is 31.2 Å². The van der Waals surface area contributed by atoms with E-state index in [9.17, 15) is 4.79 Å². The minimum atomic E-state index is -0.179. The molecule has 0 fully saturated rings.